The van der Waals surface area contributed by atoms with E-state index in [1.807, 2.05) is 0 Å². The minimum atomic E-state index is -1.28. The molecule has 0 aromatic rings. The zero-order chi connectivity index (χ0) is 11.8. The molecule has 2 rings (SSSR count). The molecule has 2 fully saturated rings. The molecule has 1 amide bonds. The number of nitrogens with zero attached hydrogens (tertiary/aromatic N) is 1. The Kier molecular flexibility index (Phi) is 2.86. The molecule has 6 heteroatoms. The minimum Gasteiger partial charge on any atom is -0.480 e. The third-order valence-electron chi connectivity index (χ3n) is 3.24. The van der Waals surface area contributed by atoms with Gasteiger partial charge in [0.05, 0.1) is 0 Å². The van der Waals surface area contributed by atoms with Crippen molar-refractivity contribution in [3.05, 3.63) is 0 Å². The summed E-state index contributed by atoms with van der Waals surface area (Å²) < 4.78 is 5.28. The molecule has 2 saturated heterocycles. The number of amides is 1. The van der Waals surface area contributed by atoms with Crippen LogP contribution in [0.1, 0.15) is 19.3 Å². The molecule has 0 aromatic heterocycles. The Morgan fingerprint density at radius 2 is 2.25 bits per heavy atom. The van der Waals surface area contributed by atoms with Gasteiger partial charge >= 0.3 is 5.97 Å². The van der Waals surface area contributed by atoms with Gasteiger partial charge in [0.2, 0.25) is 0 Å². The van der Waals surface area contributed by atoms with Crippen LogP contribution < -0.4 is 5.73 Å². The normalized spacial score (nSPS) is 34.3. The van der Waals surface area contributed by atoms with Crippen LogP contribution in [0, 0.1) is 0 Å². The Balaban J connectivity index is 1.97. The van der Waals surface area contributed by atoms with Gasteiger partial charge < -0.3 is 20.5 Å². The Hall–Kier alpha value is -1.14. The molecule has 1 unspecified atom stereocenters. The summed E-state index contributed by atoms with van der Waals surface area (Å²) in [7, 11) is 0. The van der Waals surface area contributed by atoms with Crippen molar-refractivity contribution in [1.82, 2.24) is 4.90 Å². The summed E-state index contributed by atoms with van der Waals surface area (Å²) in [5.74, 6) is -1.17. The lowest BCUT2D eigenvalue weighted by atomic mass is 10.0. The Labute approximate surface area is 93.3 Å². The molecule has 2 heterocycles. The van der Waals surface area contributed by atoms with E-state index < -0.39 is 17.6 Å². The number of carboxylic acids is 1. The smallest absolute Gasteiger partial charge is 0.325 e. The van der Waals surface area contributed by atoms with E-state index >= 15 is 0 Å². The van der Waals surface area contributed by atoms with Gasteiger partial charge in [0, 0.05) is 19.7 Å². The second-order valence-electron chi connectivity index (χ2n) is 4.47. The molecule has 0 saturated carbocycles. The van der Waals surface area contributed by atoms with Crippen LogP contribution in [0.2, 0.25) is 0 Å². The molecule has 0 aliphatic carbocycles. The number of nitrogens with two attached hydrogens (primary N) is 1. The average molecular weight is 228 g/mol. The maximum atomic E-state index is 11.9. The number of ether oxygens (including phenoxy) is 1. The predicted molar refractivity (Wildman–Crippen MR) is 54.7 cm³/mol. The standard InChI is InChI=1S/C10H16N2O4/c11-10(9(14)15)3-4-12(6-10)8(13)7-2-1-5-16-7/h7H,1-6,11H2,(H,14,15)/t7-,10?/m0/s1. The van der Waals surface area contributed by atoms with Crippen molar-refractivity contribution in [2.75, 3.05) is 19.7 Å². The van der Waals surface area contributed by atoms with Gasteiger partial charge in [-0.05, 0) is 19.3 Å². The summed E-state index contributed by atoms with van der Waals surface area (Å²) in [6.45, 7) is 1.10. The molecule has 2 atom stereocenters. The van der Waals surface area contributed by atoms with E-state index in [1.165, 1.54) is 4.90 Å². The molecule has 0 bridgehead atoms. The Morgan fingerprint density at radius 1 is 1.50 bits per heavy atom. The molecule has 0 radical (unpaired) electrons. The molecular formula is C10H16N2O4. The summed E-state index contributed by atoms with van der Waals surface area (Å²) >= 11 is 0. The molecule has 6 nitrogen and oxygen atoms in total. The number of hydrogen-bond acceptors (Lipinski definition) is 4. The zero-order valence-corrected chi connectivity index (χ0v) is 9.02. The minimum absolute atomic E-state index is 0.0844. The van der Waals surface area contributed by atoms with Crippen molar-refractivity contribution in [3.63, 3.8) is 0 Å². The highest BCUT2D eigenvalue weighted by Crippen LogP contribution is 2.22. The van der Waals surface area contributed by atoms with Crippen molar-refractivity contribution in [2.45, 2.75) is 30.9 Å². The van der Waals surface area contributed by atoms with Crippen LogP contribution in [-0.2, 0) is 14.3 Å². The second-order valence-corrected chi connectivity index (χ2v) is 4.47. The second kappa shape index (κ2) is 4.03. The number of aliphatic carboxylic acids is 1. The lowest BCUT2D eigenvalue weighted by Crippen LogP contribution is -2.51. The average Bonchev–Trinajstić information content (AvgIpc) is 2.85. The van der Waals surface area contributed by atoms with Gasteiger partial charge in [-0.1, -0.05) is 0 Å². The first-order valence-electron chi connectivity index (χ1n) is 5.46. The van der Waals surface area contributed by atoms with Gasteiger partial charge in [-0.2, -0.15) is 0 Å². The number of likely N-dealkylation sites (tertiary alicyclic amines) is 1. The predicted octanol–water partition coefficient (Wildman–Crippen LogP) is -0.820. The largest absolute Gasteiger partial charge is 0.480 e. The monoisotopic (exact) mass is 228 g/mol. The molecular weight excluding hydrogens is 212 g/mol. The SMILES string of the molecule is NC1(C(=O)O)CCN(C(=O)[C@@H]2CCCO2)C1. The third kappa shape index (κ3) is 1.90. The first-order valence-corrected chi connectivity index (χ1v) is 5.46. The fraction of sp³-hybridized carbons (Fsp3) is 0.800. The summed E-state index contributed by atoms with van der Waals surface area (Å²) in [5.41, 5.74) is 4.41. The van der Waals surface area contributed by atoms with Crippen molar-refractivity contribution in [1.29, 1.82) is 0 Å². The van der Waals surface area contributed by atoms with Crippen LogP contribution in [0.5, 0.6) is 0 Å². The van der Waals surface area contributed by atoms with E-state index in [1.54, 1.807) is 0 Å². The molecule has 16 heavy (non-hydrogen) atoms. The lowest BCUT2D eigenvalue weighted by molar-refractivity contribution is -0.144. The van der Waals surface area contributed by atoms with Gasteiger partial charge in [0.25, 0.3) is 5.91 Å². The number of carbonyl (C=O) groups excluding carboxylic acids is 1. The van der Waals surface area contributed by atoms with E-state index in [-0.39, 0.29) is 12.5 Å². The van der Waals surface area contributed by atoms with Crippen molar-refractivity contribution < 1.29 is 19.4 Å². The highest BCUT2D eigenvalue weighted by atomic mass is 16.5. The molecule has 2 aliphatic rings. The van der Waals surface area contributed by atoms with E-state index in [2.05, 4.69) is 0 Å². The van der Waals surface area contributed by atoms with Gasteiger partial charge in [-0.15, -0.1) is 0 Å². The topological polar surface area (TPSA) is 92.9 Å². The van der Waals surface area contributed by atoms with Gasteiger partial charge in [0.15, 0.2) is 0 Å². The van der Waals surface area contributed by atoms with Crippen LogP contribution in [-0.4, -0.2) is 53.2 Å². The van der Waals surface area contributed by atoms with E-state index in [0.29, 0.717) is 19.6 Å². The summed E-state index contributed by atoms with van der Waals surface area (Å²) in [5, 5.41) is 8.94. The molecule has 3 N–H and O–H groups in total. The van der Waals surface area contributed by atoms with Crippen molar-refractivity contribution >= 4 is 11.9 Å². The summed E-state index contributed by atoms with van der Waals surface area (Å²) in [6, 6.07) is 0. The molecule has 0 aromatic carbocycles. The fourth-order valence-electron chi connectivity index (χ4n) is 2.17. The zero-order valence-electron chi connectivity index (χ0n) is 9.02. The van der Waals surface area contributed by atoms with E-state index in [9.17, 15) is 9.59 Å². The fourth-order valence-corrected chi connectivity index (χ4v) is 2.17. The number of carboxylic acid groups (broad SMARTS) is 1. The molecule has 2 aliphatic heterocycles. The quantitative estimate of drug-likeness (QED) is 0.644. The van der Waals surface area contributed by atoms with Crippen molar-refractivity contribution in [2.24, 2.45) is 5.73 Å². The number of hydrogen-bond donors (Lipinski definition) is 2. The summed E-state index contributed by atoms with van der Waals surface area (Å²) in [6.07, 6.45) is 1.52. The van der Waals surface area contributed by atoms with Gasteiger partial charge in [0.1, 0.15) is 11.6 Å². The van der Waals surface area contributed by atoms with Crippen LogP contribution in [0.4, 0.5) is 0 Å². The maximum absolute atomic E-state index is 11.9. The van der Waals surface area contributed by atoms with Gasteiger partial charge in [-0.3, -0.25) is 9.59 Å². The highest BCUT2D eigenvalue weighted by Gasteiger charge is 2.44. The first-order chi connectivity index (χ1) is 7.53. The third-order valence-corrected chi connectivity index (χ3v) is 3.24. The van der Waals surface area contributed by atoms with E-state index in [0.717, 1.165) is 12.8 Å². The summed E-state index contributed by atoms with van der Waals surface area (Å²) in [4.78, 5) is 24.3. The van der Waals surface area contributed by atoms with Gasteiger partial charge in [-0.25, -0.2) is 0 Å². The van der Waals surface area contributed by atoms with Crippen molar-refractivity contribution in [3.8, 4) is 0 Å². The Morgan fingerprint density at radius 3 is 2.75 bits per heavy atom. The first kappa shape index (κ1) is 11.3. The van der Waals surface area contributed by atoms with Crippen LogP contribution >= 0.6 is 0 Å². The van der Waals surface area contributed by atoms with Crippen LogP contribution in [0.25, 0.3) is 0 Å². The number of rotatable bonds is 2. The molecule has 0 spiro atoms. The van der Waals surface area contributed by atoms with Crippen LogP contribution in [0.15, 0.2) is 0 Å². The molecule has 90 valence electrons. The van der Waals surface area contributed by atoms with Crippen LogP contribution in [0.3, 0.4) is 0 Å². The highest BCUT2D eigenvalue weighted by molar-refractivity contribution is 5.85. The maximum Gasteiger partial charge on any atom is 0.325 e. The Bertz CT molecular complexity index is 314. The van der Waals surface area contributed by atoms with E-state index in [4.69, 9.17) is 15.6 Å². The number of carbonyl (C=O) groups is 2. The lowest BCUT2D eigenvalue weighted by Gasteiger charge is -2.22.